The Bertz CT molecular complexity index is 878. The first-order chi connectivity index (χ1) is 12.6. The molecule has 0 spiro atoms. The fourth-order valence-corrected chi connectivity index (χ4v) is 2.65. The highest BCUT2D eigenvalue weighted by Crippen LogP contribution is 2.18. The molecule has 27 heavy (non-hydrogen) atoms. The number of guanidine groups is 1. The standard InChI is InChI=1S/C19H24N6O.HI/c1-3-20-18(22-14-19(2,26)15-9-5-4-6-10-15)21-13-17-24-23-16-11-7-8-12-25(16)17;/h4-12,26H,3,13-14H2,1-2H3,(H2,20,21,22);1H. The lowest BCUT2D eigenvalue weighted by atomic mass is 9.96. The molecule has 0 fully saturated rings. The van der Waals surface area contributed by atoms with E-state index in [9.17, 15) is 5.11 Å². The lowest BCUT2D eigenvalue weighted by molar-refractivity contribution is 0.0617. The van der Waals surface area contributed by atoms with Gasteiger partial charge < -0.3 is 15.7 Å². The van der Waals surface area contributed by atoms with Crippen LogP contribution in [0.1, 0.15) is 25.2 Å². The minimum Gasteiger partial charge on any atom is -0.384 e. The van der Waals surface area contributed by atoms with Crippen molar-refractivity contribution in [2.45, 2.75) is 26.0 Å². The zero-order valence-corrected chi connectivity index (χ0v) is 17.8. The van der Waals surface area contributed by atoms with Crippen molar-refractivity contribution in [3.05, 3.63) is 66.1 Å². The van der Waals surface area contributed by atoms with E-state index in [1.807, 2.05) is 66.1 Å². The van der Waals surface area contributed by atoms with Crippen molar-refractivity contribution in [1.82, 2.24) is 25.2 Å². The Labute approximate surface area is 176 Å². The van der Waals surface area contributed by atoms with E-state index >= 15 is 0 Å². The summed E-state index contributed by atoms with van der Waals surface area (Å²) in [5.41, 5.74) is 0.647. The maximum absolute atomic E-state index is 10.7. The number of aliphatic hydroxyl groups is 1. The first-order valence-corrected chi connectivity index (χ1v) is 8.69. The SMILES string of the molecule is CCNC(=NCc1nnc2ccccn12)NCC(C)(O)c1ccccc1.I. The third-order valence-corrected chi connectivity index (χ3v) is 4.10. The molecule has 0 saturated heterocycles. The van der Waals surface area contributed by atoms with E-state index in [1.165, 1.54) is 0 Å². The van der Waals surface area contributed by atoms with Crippen LogP contribution in [0.2, 0.25) is 0 Å². The molecule has 1 unspecified atom stereocenters. The summed E-state index contributed by atoms with van der Waals surface area (Å²) in [5.74, 6) is 1.38. The fourth-order valence-electron chi connectivity index (χ4n) is 2.65. The van der Waals surface area contributed by atoms with Crippen molar-refractivity contribution in [2.75, 3.05) is 13.1 Å². The summed E-state index contributed by atoms with van der Waals surface area (Å²) in [4.78, 5) is 4.56. The van der Waals surface area contributed by atoms with E-state index in [0.717, 1.165) is 23.6 Å². The minimum absolute atomic E-state index is 0. The number of hydrogen-bond donors (Lipinski definition) is 3. The molecule has 144 valence electrons. The Morgan fingerprint density at radius 1 is 1.11 bits per heavy atom. The smallest absolute Gasteiger partial charge is 0.191 e. The van der Waals surface area contributed by atoms with E-state index < -0.39 is 5.60 Å². The average molecular weight is 480 g/mol. The highest BCUT2D eigenvalue weighted by Gasteiger charge is 2.23. The summed E-state index contributed by atoms with van der Waals surface area (Å²) in [6.45, 7) is 5.22. The van der Waals surface area contributed by atoms with Crippen LogP contribution in [0.5, 0.6) is 0 Å². The van der Waals surface area contributed by atoms with Crippen LogP contribution in [0.25, 0.3) is 5.65 Å². The maximum atomic E-state index is 10.7. The molecule has 3 rings (SSSR count). The molecule has 7 nitrogen and oxygen atoms in total. The van der Waals surface area contributed by atoms with Gasteiger partial charge in [-0.1, -0.05) is 36.4 Å². The number of nitrogens with one attached hydrogen (secondary N) is 2. The van der Waals surface area contributed by atoms with Crippen molar-refractivity contribution in [3.63, 3.8) is 0 Å². The van der Waals surface area contributed by atoms with Crippen LogP contribution in [-0.2, 0) is 12.1 Å². The number of pyridine rings is 1. The second kappa shape index (κ2) is 9.65. The predicted octanol–water partition coefficient (Wildman–Crippen LogP) is 2.31. The van der Waals surface area contributed by atoms with E-state index in [0.29, 0.717) is 19.0 Å². The Morgan fingerprint density at radius 2 is 1.85 bits per heavy atom. The Morgan fingerprint density at radius 3 is 2.59 bits per heavy atom. The van der Waals surface area contributed by atoms with Crippen molar-refractivity contribution in [2.24, 2.45) is 4.99 Å². The van der Waals surface area contributed by atoms with Crippen molar-refractivity contribution in [3.8, 4) is 0 Å². The molecule has 3 N–H and O–H groups in total. The monoisotopic (exact) mass is 480 g/mol. The first kappa shape index (κ1) is 21.1. The van der Waals surface area contributed by atoms with Crippen LogP contribution < -0.4 is 10.6 Å². The van der Waals surface area contributed by atoms with Crippen LogP contribution in [0, 0.1) is 0 Å². The van der Waals surface area contributed by atoms with Gasteiger partial charge in [-0.3, -0.25) is 4.40 Å². The number of aliphatic imine (C=N–C) groups is 1. The largest absolute Gasteiger partial charge is 0.384 e. The molecular weight excluding hydrogens is 455 g/mol. The molecule has 0 aliphatic carbocycles. The van der Waals surface area contributed by atoms with Gasteiger partial charge in [0, 0.05) is 12.7 Å². The van der Waals surface area contributed by atoms with E-state index in [4.69, 9.17) is 0 Å². The van der Waals surface area contributed by atoms with Gasteiger partial charge in [-0.2, -0.15) is 0 Å². The number of fused-ring (bicyclic) bond motifs is 1. The topological polar surface area (TPSA) is 86.8 Å². The van der Waals surface area contributed by atoms with Gasteiger partial charge in [0.25, 0.3) is 0 Å². The van der Waals surface area contributed by atoms with Crippen LogP contribution in [0.3, 0.4) is 0 Å². The van der Waals surface area contributed by atoms with E-state index in [-0.39, 0.29) is 24.0 Å². The highest BCUT2D eigenvalue weighted by molar-refractivity contribution is 14.0. The number of nitrogens with zero attached hydrogens (tertiary/aromatic N) is 4. The number of aromatic nitrogens is 3. The van der Waals surface area contributed by atoms with Gasteiger partial charge >= 0.3 is 0 Å². The Balaban J connectivity index is 0.00000261. The van der Waals surface area contributed by atoms with Gasteiger partial charge in [0.2, 0.25) is 0 Å². The molecule has 3 aromatic rings. The summed E-state index contributed by atoms with van der Waals surface area (Å²) in [6, 6.07) is 15.3. The lowest BCUT2D eigenvalue weighted by Gasteiger charge is -2.25. The molecule has 0 radical (unpaired) electrons. The fraction of sp³-hybridized carbons (Fsp3) is 0.316. The molecule has 0 amide bonds. The van der Waals surface area contributed by atoms with Crippen LogP contribution in [-0.4, -0.2) is 38.8 Å². The summed E-state index contributed by atoms with van der Waals surface area (Å²) >= 11 is 0. The van der Waals surface area contributed by atoms with Crippen molar-refractivity contribution < 1.29 is 5.11 Å². The van der Waals surface area contributed by atoms with Crippen LogP contribution in [0.15, 0.2) is 59.7 Å². The number of hydrogen-bond acceptors (Lipinski definition) is 4. The molecule has 8 heteroatoms. The first-order valence-electron chi connectivity index (χ1n) is 8.69. The van der Waals surface area contributed by atoms with Crippen LogP contribution >= 0.6 is 24.0 Å². The van der Waals surface area contributed by atoms with Crippen molar-refractivity contribution in [1.29, 1.82) is 0 Å². The number of rotatable bonds is 6. The lowest BCUT2D eigenvalue weighted by Crippen LogP contribution is -2.44. The third kappa shape index (κ3) is 5.39. The molecule has 0 bridgehead atoms. The summed E-state index contributed by atoms with van der Waals surface area (Å²) < 4.78 is 1.91. The predicted molar refractivity (Wildman–Crippen MR) is 117 cm³/mol. The van der Waals surface area contributed by atoms with Crippen molar-refractivity contribution >= 4 is 35.6 Å². The Hall–Kier alpha value is -2.20. The van der Waals surface area contributed by atoms with Gasteiger partial charge in [-0.05, 0) is 31.5 Å². The quantitative estimate of drug-likeness (QED) is 0.287. The second-order valence-electron chi connectivity index (χ2n) is 6.23. The molecule has 2 heterocycles. The van der Waals surface area contributed by atoms with Gasteiger partial charge in [0.15, 0.2) is 17.4 Å². The number of benzene rings is 1. The van der Waals surface area contributed by atoms with E-state index in [1.54, 1.807) is 6.92 Å². The summed E-state index contributed by atoms with van der Waals surface area (Å²) in [6.07, 6.45) is 1.92. The maximum Gasteiger partial charge on any atom is 0.191 e. The summed E-state index contributed by atoms with van der Waals surface area (Å²) in [5, 5.41) is 25.4. The zero-order valence-electron chi connectivity index (χ0n) is 15.5. The second-order valence-corrected chi connectivity index (χ2v) is 6.23. The van der Waals surface area contributed by atoms with Crippen LogP contribution in [0.4, 0.5) is 0 Å². The molecule has 1 atom stereocenters. The molecule has 2 aromatic heterocycles. The van der Waals surface area contributed by atoms with E-state index in [2.05, 4.69) is 25.8 Å². The molecule has 0 saturated carbocycles. The Kier molecular flexibility index (Phi) is 7.55. The molecular formula is C19H25IN6O. The van der Waals surface area contributed by atoms with Gasteiger partial charge in [-0.15, -0.1) is 34.2 Å². The highest BCUT2D eigenvalue weighted by atomic mass is 127. The van der Waals surface area contributed by atoms with Gasteiger partial charge in [0.05, 0.1) is 6.54 Å². The number of halogens is 1. The zero-order chi connectivity index (χ0) is 18.4. The molecule has 0 aliphatic heterocycles. The molecule has 0 aliphatic rings. The van der Waals surface area contributed by atoms with Gasteiger partial charge in [-0.25, -0.2) is 4.99 Å². The normalized spacial score (nSPS) is 13.7. The summed E-state index contributed by atoms with van der Waals surface area (Å²) in [7, 11) is 0. The minimum atomic E-state index is -1.00. The van der Waals surface area contributed by atoms with Gasteiger partial charge in [0.1, 0.15) is 12.1 Å². The molecule has 1 aromatic carbocycles. The average Bonchev–Trinajstić information content (AvgIpc) is 3.08. The third-order valence-electron chi connectivity index (χ3n) is 4.10.